The highest BCUT2D eigenvalue weighted by atomic mass is 32.2. The molecule has 0 spiro atoms. The van der Waals surface area contributed by atoms with Crippen molar-refractivity contribution in [2.45, 2.75) is 194 Å². The Morgan fingerprint density at radius 1 is 0.426 bits per heavy atom. The molecule has 0 heterocycles. The van der Waals surface area contributed by atoms with Crippen molar-refractivity contribution in [1.82, 2.24) is 4.90 Å². The van der Waals surface area contributed by atoms with Crippen molar-refractivity contribution >= 4 is 11.8 Å². The molecule has 0 bridgehead atoms. The quantitative estimate of drug-likeness (QED) is 0.0395. The zero-order valence-corrected chi connectivity index (χ0v) is 32.7. The second-order valence-corrected chi connectivity index (χ2v) is 14.6. The van der Waals surface area contributed by atoms with Crippen LogP contribution >= 0.6 is 11.8 Å². The van der Waals surface area contributed by atoms with E-state index in [1.165, 1.54) is 180 Å². The van der Waals surface area contributed by atoms with E-state index in [9.17, 15) is 5.11 Å². The Hall–Kier alpha value is -0.330. The van der Waals surface area contributed by atoms with E-state index in [0.717, 1.165) is 45.4 Å². The van der Waals surface area contributed by atoms with Gasteiger partial charge in [0.2, 0.25) is 0 Å². The zero-order chi connectivity index (χ0) is 34.0. The maximum atomic E-state index is 9.25. The first-order valence-electron chi connectivity index (χ1n) is 20.7. The molecule has 0 saturated heterocycles. The first kappa shape index (κ1) is 46.7. The van der Waals surface area contributed by atoms with E-state index in [4.69, 9.17) is 9.47 Å². The molecule has 47 heavy (non-hydrogen) atoms. The highest BCUT2D eigenvalue weighted by molar-refractivity contribution is 7.99. The van der Waals surface area contributed by atoms with Crippen LogP contribution in [0.15, 0.2) is 24.3 Å². The van der Waals surface area contributed by atoms with Crippen LogP contribution in [0.1, 0.15) is 194 Å². The standard InChI is InChI=1S/C42H83NO3S/c1-3-5-7-9-11-13-15-17-19-21-23-25-27-29-31-33-37-45-39-35-43(41-47-42-44)36-40-46-38-34-32-30-28-26-24-22-20-18-16-14-12-10-8-6-4-2/h17-20,44H,3-16,21-42H2,1-2H3/b19-17-,20-18-. The number of nitrogens with zero attached hydrogens (tertiary/aromatic N) is 1. The molecule has 0 aliphatic heterocycles. The van der Waals surface area contributed by atoms with Crippen LogP contribution in [0.2, 0.25) is 0 Å². The summed E-state index contributed by atoms with van der Waals surface area (Å²) in [4.78, 5) is 2.35. The number of unbranched alkanes of at least 4 members (excludes halogenated alkanes) is 24. The molecule has 0 aliphatic rings. The van der Waals surface area contributed by atoms with Crippen molar-refractivity contribution in [3.8, 4) is 0 Å². The molecule has 0 saturated carbocycles. The van der Waals surface area contributed by atoms with Gasteiger partial charge in [0.1, 0.15) is 0 Å². The summed E-state index contributed by atoms with van der Waals surface area (Å²) in [6.45, 7) is 9.68. The number of allylic oxidation sites excluding steroid dienone is 4. The Balaban J connectivity index is 3.48. The van der Waals surface area contributed by atoms with Crippen molar-refractivity contribution in [2.24, 2.45) is 0 Å². The number of hydrogen-bond donors (Lipinski definition) is 1. The fraction of sp³-hybridized carbons (Fsp3) is 0.905. The predicted octanol–water partition coefficient (Wildman–Crippen LogP) is 13.0. The lowest BCUT2D eigenvalue weighted by molar-refractivity contribution is 0.0792. The first-order valence-corrected chi connectivity index (χ1v) is 21.9. The summed E-state index contributed by atoms with van der Waals surface area (Å²) in [7, 11) is 0. The van der Waals surface area contributed by atoms with Crippen molar-refractivity contribution in [3.63, 3.8) is 0 Å². The van der Waals surface area contributed by atoms with Gasteiger partial charge in [-0.25, -0.2) is 0 Å². The van der Waals surface area contributed by atoms with Gasteiger partial charge in [-0.05, 0) is 64.2 Å². The molecule has 0 unspecified atom stereocenters. The Morgan fingerprint density at radius 2 is 0.745 bits per heavy atom. The fourth-order valence-corrected chi connectivity index (χ4v) is 6.50. The van der Waals surface area contributed by atoms with Gasteiger partial charge in [-0.3, -0.25) is 4.90 Å². The van der Waals surface area contributed by atoms with Crippen LogP contribution in [-0.4, -0.2) is 61.3 Å². The van der Waals surface area contributed by atoms with Crippen LogP contribution in [0.3, 0.4) is 0 Å². The third-order valence-corrected chi connectivity index (χ3v) is 9.80. The molecule has 0 atom stereocenters. The van der Waals surface area contributed by atoms with Crippen LogP contribution in [0.4, 0.5) is 0 Å². The van der Waals surface area contributed by atoms with Gasteiger partial charge in [0.05, 0.1) is 19.2 Å². The van der Waals surface area contributed by atoms with Crippen molar-refractivity contribution < 1.29 is 14.6 Å². The number of ether oxygens (including phenoxy) is 2. The minimum Gasteiger partial charge on any atom is -0.386 e. The van der Waals surface area contributed by atoms with Gasteiger partial charge in [-0.2, -0.15) is 0 Å². The minimum atomic E-state index is 0.170. The number of thioether (sulfide) groups is 1. The highest BCUT2D eigenvalue weighted by Gasteiger charge is 2.05. The van der Waals surface area contributed by atoms with Gasteiger partial charge in [-0.1, -0.05) is 154 Å². The van der Waals surface area contributed by atoms with Crippen LogP contribution in [0.5, 0.6) is 0 Å². The number of hydrogen-bond acceptors (Lipinski definition) is 5. The number of rotatable bonds is 41. The van der Waals surface area contributed by atoms with E-state index in [1.807, 2.05) is 0 Å². The monoisotopic (exact) mass is 682 g/mol. The highest BCUT2D eigenvalue weighted by Crippen LogP contribution is 2.12. The molecule has 4 nitrogen and oxygen atoms in total. The van der Waals surface area contributed by atoms with Crippen molar-refractivity contribution in [1.29, 1.82) is 0 Å². The molecule has 0 rings (SSSR count). The van der Waals surface area contributed by atoms with Crippen LogP contribution in [0, 0.1) is 0 Å². The van der Waals surface area contributed by atoms with E-state index >= 15 is 0 Å². The second kappa shape index (κ2) is 43.7. The molecule has 1 N–H and O–H groups in total. The van der Waals surface area contributed by atoms with E-state index < -0.39 is 0 Å². The van der Waals surface area contributed by atoms with Crippen molar-refractivity contribution in [2.75, 3.05) is 51.3 Å². The average Bonchev–Trinajstić information content (AvgIpc) is 3.08. The second-order valence-electron chi connectivity index (χ2n) is 13.7. The molecule has 0 aromatic rings. The molecule has 0 aliphatic carbocycles. The lowest BCUT2D eigenvalue weighted by Crippen LogP contribution is -2.31. The maximum Gasteiger partial charge on any atom is 0.0898 e. The number of aliphatic hydroxyl groups is 1. The molecule has 0 fully saturated rings. The number of aliphatic hydroxyl groups excluding tert-OH is 1. The SMILES string of the molecule is CCCCCCCC/C=C\CCCCCCCCOCCN(CCOCCCCCCCC/C=C\CCCCCCCC)CSCO. The zero-order valence-electron chi connectivity index (χ0n) is 31.9. The summed E-state index contributed by atoms with van der Waals surface area (Å²) in [5.41, 5.74) is 0. The smallest absolute Gasteiger partial charge is 0.0898 e. The molecular weight excluding hydrogens is 599 g/mol. The van der Waals surface area contributed by atoms with Gasteiger partial charge in [0, 0.05) is 32.2 Å². The molecular formula is C42H83NO3S. The fourth-order valence-electron chi connectivity index (χ4n) is 5.91. The molecule has 0 amide bonds. The van der Waals surface area contributed by atoms with Crippen LogP contribution < -0.4 is 0 Å². The molecule has 280 valence electrons. The Bertz CT molecular complexity index is 567. The van der Waals surface area contributed by atoms with E-state index in [0.29, 0.717) is 0 Å². The van der Waals surface area contributed by atoms with Crippen LogP contribution in [0.25, 0.3) is 0 Å². The Labute approximate surface area is 299 Å². The van der Waals surface area contributed by atoms with Gasteiger partial charge in [0.25, 0.3) is 0 Å². The van der Waals surface area contributed by atoms with Crippen LogP contribution in [-0.2, 0) is 9.47 Å². The molecule has 0 aromatic carbocycles. The van der Waals surface area contributed by atoms with E-state index in [-0.39, 0.29) is 5.94 Å². The van der Waals surface area contributed by atoms with Gasteiger partial charge in [-0.15, -0.1) is 11.8 Å². The summed E-state index contributed by atoms with van der Waals surface area (Å²) in [5.74, 6) is 1.01. The largest absolute Gasteiger partial charge is 0.386 e. The summed E-state index contributed by atoms with van der Waals surface area (Å²) in [6, 6.07) is 0. The topological polar surface area (TPSA) is 41.9 Å². The van der Waals surface area contributed by atoms with Gasteiger partial charge >= 0.3 is 0 Å². The van der Waals surface area contributed by atoms with Crippen molar-refractivity contribution in [3.05, 3.63) is 24.3 Å². The first-order chi connectivity index (χ1) is 23.3. The van der Waals surface area contributed by atoms with Gasteiger partial charge in [0.15, 0.2) is 0 Å². The molecule has 0 aromatic heterocycles. The normalized spacial score (nSPS) is 12.1. The lowest BCUT2D eigenvalue weighted by atomic mass is 10.1. The van der Waals surface area contributed by atoms with E-state index in [1.54, 1.807) is 11.8 Å². The third-order valence-electron chi connectivity index (χ3n) is 9.07. The summed E-state index contributed by atoms with van der Waals surface area (Å²) < 4.78 is 11.9. The summed E-state index contributed by atoms with van der Waals surface area (Å²) in [5, 5.41) is 9.25. The summed E-state index contributed by atoms with van der Waals surface area (Å²) >= 11 is 1.56. The minimum absolute atomic E-state index is 0.170. The Kier molecular flexibility index (Phi) is 43.4. The lowest BCUT2D eigenvalue weighted by Gasteiger charge is -2.21. The predicted molar refractivity (Wildman–Crippen MR) is 212 cm³/mol. The van der Waals surface area contributed by atoms with Gasteiger partial charge < -0.3 is 14.6 Å². The maximum absolute atomic E-state index is 9.25. The average molecular weight is 682 g/mol. The Morgan fingerprint density at radius 3 is 1.09 bits per heavy atom. The van der Waals surface area contributed by atoms with E-state index in [2.05, 4.69) is 43.1 Å². The molecule has 5 heteroatoms. The summed E-state index contributed by atoms with van der Waals surface area (Å²) in [6.07, 6.45) is 47.1. The third kappa shape index (κ3) is 41.8. The molecule has 0 radical (unpaired) electrons.